The average Bonchev–Trinajstić information content (AvgIpc) is 2.05. The van der Waals surface area contributed by atoms with Crippen molar-refractivity contribution in [1.29, 1.82) is 0 Å². The quantitative estimate of drug-likeness (QED) is 0.354. The molecule has 0 saturated heterocycles. The summed E-state index contributed by atoms with van der Waals surface area (Å²) in [6, 6.07) is 0. The van der Waals surface area contributed by atoms with Crippen LogP contribution in [0.2, 0.25) is 0 Å². The maximum atomic E-state index is 10.8. The summed E-state index contributed by atoms with van der Waals surface area (Å²) < 4.78 is 4.75. The lowest BCUT2D eigenvalue weighted by Gasteiger charge is -2.02. The van der Waals surface area contributed by atoms with E-state index in [2.05, 4.69) is 11.9 Å². The molecular weight excluding hydrogens is 154 g/mol. The Kier molecular flexibility index (Phi) is 7.70. The molecule has 12 heavy (non-hydrogen) atoms. The van der Waals surface area contributed by atoms with Crippen molar-refractivity contribution < 1.29 is 9.53 Å². The molecule has 70 valence electrons. The molecule has 3 heteroatoms. The molecule has 0 aromatic rings. The highest BCUT2D eigenvalue weighted by atomic mass is 16.5. The summed E-state index contributed by atoms with van der Waals surface area (Å²) >= 11 is 0. The van der Waals surface area contributed by atoms with Gasteiger partial charge in [-0.3, -0.25) is 4.79 Å². The first kappa shape index (κ1) is 11.2. The normalized spacial score (nSPS) is 9.42. The Bertz CT molecular complexity index is 134. The van der Waals surface area contributed by atoms with Crippen LogP contribution in [0.25, 0.3) is 0 Å². The number of hydrogen-bond donors (Lipinski definition) is 1. The van der Waals surface area contributed by atoms with Crippen LogP contribution in [0.5, 0.6) is 0 Å². The first-order chi connectivity index (χ1) is 5.81. The fourth-order valence-electron chi connectivity index (χ4n) is 0.753. The first-order valence-corrected chi connectivity index (χ1v) is 4.28. The van der Waals surface area contributed by atoms with Crippen molar-refractivity contribution in [2.75, 3.05) is 19.7 Å². The molecule has 0 amide bonds. The molecule has 1 N–H and O–H groups in total. The zero-order valence-electron chi connectivity index (χ0n) is 7.64. The summed E-state index contributed by atoms with van der Waals surface area (Å²) in [7, 11) is 0. The van der Waals surface area contributed by atoms with Crippen molar-refractivity contribution >= 4 is 5.97 Å². The van der Waals surface area contributed by atoms with Crippen LogP contribution in [0.3, 0.4) is 0 Å². The monoisotopic (exact) mass is 171 g/mol. The summed E-state index contributed by atoms with van der Waals surface area (Å²) in [6.45, 7) is 7.43. The summed E-state index contributed by atoms with van der Waals surface area (Å²) in [6.07, 6.45) is 3.23. The molecule has 3 nitrogen and oxygen atoms in total. The summed E-state index contributed by atoms with van der Waals surface area (Å²) in [5.41, 5.74) is 0. The Hall–Kier alpha value is -0.830. The van der Waals surface area contributed by atoms with Gasteiger partial charge in [-0.1, -0.05) is 6.08 Å². The highest BCUT2D eigenvalue weighted by Gasteiger charge is 1.98. The van der Waals surface area contributed by atoms with E-state index in [1.165, 1.54) is 0 Å². The second kappa shape index (κ2) is 8.27. The molecule has 0 radical (unpaired) electrons. The van der Waals surface area contributed by atoms with Gasteiger partial charge in [-0.15, -0.1) is 6.58 Å². The molecule has 0 saturated carbocycles. The van der Waals surface area contributed by atoms with Crippen LogP contribution in [-0.4, -0.2) is 25.7 Å². The van der Waals surface area contributed by atoms with Gasteiger partial charge in [0.1, 0.15) is 0 Å². The van der Waals surface area contributed by atoms with Crippen molar-refractivity contribution in [3.8, 4) is 0 Å². The van der Waals surface area contributed by atoms with Gasteiger partial charge in [-0.25, -0.2) is 0 Å². The molecular formula is C9H17NO2. The highest BCUT2D eigenvalue weighted by molar-refractivity contribution is 5.69. The van der Waals surface area contributed by atoms with E-state index in [0.29, 0.717) is 19.6 Å². The van der Waals surface area contributed by atoms with E-state index < -0.39 is 0 Å². The Morgan fingerprint density at radius 2 is 2.33 bits per heavy atom. The van der Waals surface area contributed by atoms with E-state index in [1.54, 1.807) is 0 Å². The number of rotatable bonds is 7. The standard InChI is InChI=1S/C9H17NO2/c1-3-5-7-10-8-6-9(11)12-4-2/h3,10H,1,4-8H2,2H3. The smallest absolute Gasteiger partial charge is 0.307 e. The number of carbonyl (C=O) groups is 1. The SMILES string of the molecule is C=CCCNCCC(=O)OCC. The van der Waals surface area contributed by atoms with Crippen molar-refractivity contribution in [2.45, 2.75) is 19.8 Å². The summed E-state index contributed by atoms with van der Waals surface area (Å²) in [4.78, 5) is 10.8. The lowest BCUT2D eigenvalue weighted by Crippen LogP contribution is -2.20. The van der Waals surface area contributed by atoms with Crippen molar-refractivity contribution in [3.63, 3.8) is 0 Å². The minimum Gasteiger partial charge on any atom is -0.466 e. The number of hydrogen-bond acceptors (Lipinski definition) is 3. The van der Waals surface area contributed by atoms with E-state index in [4.69, 9.17) is 4.74 Å². The minimum absolute atomic E-state index is 0.136. The van der Waals surface area contributed by atoms with Crippen LogP contribution in [-0.2, 0) is 9.53 Å². The largest absolute Gasteiger partial charge is 0.466 e. The van der Waals surface area contributed by atoms with E-state index in [1.807, 2.05) is 13.0 Å². The van der Waals surface area contributed by atoms with Crippen molar-refractivity contribution in [1.82, 2.24) is 5.32 Å². The number of esters is 1. The fourth-order valence-corrected chi connectivity index (χ4v) is 0.753. The molecule has 0 aromatic heterocycles. The fraction of sp³-hybridized carbons (Fsp3) is 0.667. The number of carbonyl (C=O) groups excluding carboxylic acids is 1. The lowest BCUT2D eigenvalue weighted by atomic mass is 10.4. The van der Waals surface area contributed by atoms with Gasteiger partial charge in [0.05, 0.1) is 13.0 Å². The van der Waals surface area contributed by atoms with Crippen LogP contribution in [0, 0.1) is 0 Å². The van der Waals surface area contributed by atoms with E-state index in [-0.39, 0.29) is 5.97 Å². The van der Waals surface area contributed by atoms with Crippen molar-refractivity contribution in [3.05, 3.63) is 12.7 Å². The van der Waals surface area contributed by atoms with E-state index >= 15 is 0 Å². The molecule has 0 spiro atoms. The predicted molar refractivity (Wildman–Crippen MR) is 48.9 cm³/mol. The molecule has 0 heterocycles. The Morgan fingerprint density at radius 3 is 2.92 bits per heavy atom. The van der Waals surface area contributed by atoms with Gasteiger partial charge in [0.15, 0.2) is 0 Å². The van der Waals surface area contributed by atoms with Crippen LogP contribution in [0.1, 0.15) is 19.8 Å². The predicted octanol–water partition coefficient (Wildman–Crippen LogP) is 1.11. The number of ether oxygens (including phenoxy) is 1. The Labute approximate surface area is 73.8 Å². The maximum absolute atomic E-state index is 10.8. The minimum atomic E-state index is -0.136. The van der Waals surface area contributed by atoms with Gasteiger partial charge < -0.3 is 10.1 Å². The van der Waals surface area contributed by atoms with Crippen LogP contribution >= 0.6 is 0 Å². The van der Waals surface area contributed by atoms with Crippen LogP contribution in [0.15, 0.2) is 12.7 Å². The third-order valence-corrected chi connectivity index (χ3v) is 1.34. The van der Waals surface area contributed by atoms with Gasteiger partial charge in [0, 0.05) is 6.54 Å². The average molecular weight is 171 g/mol. The zero-order chi connectivity index (χ0) is 9.23. The topological polar surface area (TPSA) is 38.3 Å². The molecule has 0 aliphatic carbocycles. The molecule has 0 fully saturated rings. The van der Waals surface area contributed by atoms with Gasteiger partial charge in [-0.05, 0) is 19.9 Å². The maximum Gasteiger partial charge on any atom is 0.307 e. The molecule has 0 aliphatic heterocycles. The van der Waals surface area contributed by atoms with E-state index in [9.17, 15) is 4.79 Å². The molecule has 0 bridgehead atoms. The molecule has 0 unspecified atom stereocenters. The zero-order valence-corrected chi connectivity index (χ0v) is 7.64. The van der Waals surface area contributed by atoms with Crippen molar-refractivity contribution in [2.24, 2.45) is 0 Å². The highest BCUT2D eigenvalue weighted by Crippen LogP contribution is 1.84. The van der Waals surface area contributed by atoms with Gasteiger partial charge in [0.25, 0.3) is 0 Å². The third kappa shape index (κ3) is 7.28. The second-order valence-electron chi connectivity index (χ2n) is 2.38. The van der Waals surface area contributed by atoms with E-state index in [0.717, 1.165) is 13.0 Å². The first-order valence-electron chi connectivity index (χ1n) is 4.28. The Balaban J connectivity index is 3.08. The molecule has 0 rings (SSSR count). The number of nitrogens with one attached hydrogen (secondary N) is 1. The molecule has 0 aliphatic rings. The van der Waals surface area contributed by atoms with Crippen LogP contribution < -0.4 is 5.32 Å². The molecule has 0 aromatic carbocycles. The lowest BCUT2D eigenvalue weighted by molar-refractivity contribution is -0.142. The van der Waals surface area contributed by atoms with Gasteiger partial charge in [-0.2, -0.15) is 0 Å². The van der Waals surface area contributed by atoms with Crippen LogP contribution in [0.4, 0.5) is 0 Å². The van der Waals surface area contributed by atoms with Gasteiger partial charge in [0.2, 0.25) is 0 Å². The Morgan fingerprint density at radius 1 is 1.58 bits per heavy atom. The third-order valence-electron chi connectivity index (χ3n) is 1.34. The second-order valence-corrected chi connectivity index (χ2v) is 2.38. The summed E-state index contributed by atoms with van der Waals surface area (Å²) in [5, 5.41) is 3.10. The van der Waals surface area contributed by atoms with Gasteiger partial charge >= 0.3 is 5.97 Å². The summed E-state index contributed by atoms with van der Waals surface area (Å²) in [5.74, 6) is -0.136. The molecule has 0 atom stereocenters.